The largest absolute Gasteiger partial charge is 0.333 e. The van der Waals surface area contributed by atoms with Crippen LogP contribution in [0, 0.1) is 5.82 Å². The van der Waals surface area contributed by atoms with Crippen LogP contribution in [0.25, 0.3) is 0 Å². The molecule has 1 aromatic carbocycles. The van der Waals surface area contributed by atoms with Crippen LogP contribution >= 0.6 is 22.7 Å². The van der Waals surface area contributed by atoms with Crippen molar-refractivity contribution < 1.29 is 14.0 Å². The minimum Gasteiger partial charge on any atom is -0.333 e. The molecule has 1 aliphatic heterocycles. The molecule has 2 aromatic heterocycles. The van der Waals surface area contributed by atoms with Gasteiger partial charge < -0.3 is 4.90 Å². The van der Waals surface area contributed by atoms with Crippen LogP contribution in [-0.4, -0.2) is 28.2 Å². The number of hydrogen-bond acceptors (Lipinski definition) is 5. The van der Waals surface area contributed by atoms with Crippen molar-refractivity contribution in [1.29, 1.82) is 0 Å². The molecule has 1 aliphatic rings. The van der Waals surface area contributed by atoms with Crippen molar-refractivity contribution in [2.24, 2.45) is 0 Å². The number of benzene rings is 1. The molecule has 0 saturated carbocycles. The lowest BCUT2D eigenvalue weighted by molar-refractivity contribution is 0.0731. The fraction of sp³-hybridized carbons (Fsp3) is 0.167. The molecule has 0 aliphatic carbocycles. The topological polar surface area (TPSA) is 62.3 Å². The summed E-state index contributed by atoms with van der Waals surface area (Å²) in [6.07, 6.45) is 0.584. The monoisotopic (exact) mass is 387 g/mol. The zero-order chi connectivity index (χ0) is 18.1. The molecule has 1 N–H and O–H groups in total. The van der Waals surface area contributed by atoms with Crippen molar-refractivity contribution in [2.75, 3.05) is 11.9 Å². The van der Waals surface area contributed by atoms with Gasteiger partial charge in [0.05, 0.1) is 22.7 Å². The van der Waals surface area contributed by atoms with E-state index in [4.69, 9.17) is 0 Å². The van der Waals surface area contributed by atoms with Crippen molar-refractivity contribution in [3.8, 4) is 0 Å². The van der Waals surface area contributed by atoms with Crippen molar-refractivity contribution in [2.45, 2.75) is 13.0 Å². The quantitative estimate of drug-likeness (QED) is 0.744. The summed E-state index contributed by atoms with van der Waals surface area (Å²) < 4.78 is 13.9. The van der Waals surface area contributed by atoms with E-state index in [0.717, 1.165) is 10.6 Å². The Morgan fingerprint density at radius 2 is 2.04 bits per heavy atom. The molecule has 8 heteroatoms. The van der Waals surface area contributed by atoms with Crippen molar-refractivity contribution in [1.82, 2.24) is 9.88 Å². The number of rotatable bonds is 3. The molecule has 0 fully saturated rings. The zero-order valence-corrected chi connectivity index (χ0v) is 15.2. The lowest BCUT2D eigenvalue weighted by Crippen LogP contribution is -2.35. The Kier molecular flexibility index (Phi) is 4.52. The highest BCUT2D eigenvalue weighted by molar-refractivity contribution is 7.16. The van der Waals surface area contributed by atoms with Gasteiger partial charge in [0, 0.05) is 17.8 Å². The number of carbonyl (C=O) groups excluding carboxylic acids is 2. The first-order valence-corrected chi connectivity index (χ1v) is 9.68. The summed E-state index contributed by atoms with van der Waals surface area (Å²) >= 11 is 2.72. The number of thiophene rings is 1. The van der Waals surface area contributed by atoms with Crippen molar-refractivity contribution in [3.63, 3.8) is 0 Å². The van der Waals surface area contributed by atoms with Crippen LogP contribution in [0.3, 0.4) is 0 Å². The van der Waals surface area contributed by atoms with Gasteiger partial charge >= 0.3 is 0 Å². The highest BCUT2D eigenvalue weighted by atomic mass is 32.1. The molecule has 0 atom stereocenters. The van der Waals surface area contributed by atoms with E-state index in [1.807, 2.05) is 11.4 Å². The van der Waals surface area contributed by atoms with E-state index >= 15 is 0 Å². The number of anilines is 1. The second-order valence-electron chi connectivity index (χ2n) is 5.78. The van der Waals surface area contributed by atoms with Gasteiger partial charge in [-0.1, -0.05) is 29.5 Å². The molecular formula is C18H14FN3O2S2. The number of thiazole rings is 1. The van der Waals surface area contributed by atoms with E-state index in [1.54, 1.807) is 23.1 Å². The maximum absolute atomic E-state index is 13.9. The first-order valence-electron chi connectivity index (χ1n) is 7.99. The standard InChI is InChI=1S/C18H14FN3O2S2/c19-12-5-2-1-4-11(12)17(24)22-8-7-13-15(10-22)26-18(20-13)21-16(23)14-6-3-9-25-14/h1-6,9H,7-8,10H2,(H,20,21,23). The Bertz CT molecular complexity index is 969. The molecular weight excluding hydrogens is 373 g/mol. The minimum atomic E-state index is -0.517. The smallest absolute Gasteiger partial charge is 0.267 e. The number of nitrogens with one attached hydrogen (secondary N) is 1. The second kappa shape index (κ2) is 6.97. The number of halogens is 1. The Labute approximate surface area is 157 Å². The van der Waals surface area contributed by atoms with E-state index in [-0.39, 0.29) is 17.4 Å². The molecule has 132 valence electrons. The first kappa shape index (κ1) is 16.9. The van der Waals surface area contributed by atoms with Crippen LogP contribution in [0.15, 0.2) is 41.8 Å². The van der Waals surface area contributed by atoms with Crippen LogP contribution in [0.1, 0.15) is 30.6 Å². The fourth-order valence-corrected chi connectivity index (χ4v) is 4.43. The van der Waals surface area contributed by atoms with Crippen LogP contribution in [0.4, 0.5) is 9.52 Å². The number of nitrogens with zero attached hydrogens (tertiary/aromatic N) is 2. The molecule has 0 saturated heterocycles. The molecule has 4 rings (SSSR count). The number of fused-ring (bicyclic) bond motifs is 1. The van der Waals surface area contributed by atoms with Gasteiger partial charge in [-0.25, -0.2) is 9.37 Å². The SMILES string of the molecule is O=C(Nc1nc2c(s1)CN(C(=O)c1ccccc1F)CC2)c1cccs1. The maximum Gasteiger partial charge on any atom is 0.267 e. The average Bonchev–Trinajstić information content (AvgIpc) is 3.30. The summed E-state index contributed by atoms with van der Waals surface area (Å²) in [6.45, 7) is 0.844. The third-order valence-electron chi connectivity index (χ3n) is 4.09. The summed E-state index contributed by atoms with van der Waals surface area (Å²) in [5.41, 5.74) is 0.959. The third kappa shape index (κ3) is 3.25. The van der Waals surface area contributed by atoms with Gasteiger partial charge in [-0.3, -0.25) is 14.9 Å². The number of hydrogen-bond donors (Lipinski definition) is 1. The minimum absolute atomic E-state index is 0.0756. The van der Waals surface area contributed by atoms with E-state index in [1.165, 1.54) is 34.8 Å². The Morgan fingerprint density at radius 3 is 2.81 bits per heavy atom. The third-order valence-corrected chi connectivity index (χ3v) is 5.95. The molecule has 3 heterocycles. The summed E-state index contributed by atoms with van der Waals surface area (Å²) in [4.78, 5) is 32.3. The van der Waals surface area contributed by atoms with Gasteiger partial charge in [0.15, 0.2) is 5.13 Å². The highest BCUT2D eigenvalue weighted by Crippen LogP contribution is 2.29. The highest BCUT2D eigenvalue weighted by Gasteiger charge is 2.26. The van der Waals surface area contributed by atoms with Crippen LogP contribution < -0.4 is 5.32 Å². The van der Waals surface area contributed by atoms with E-state index < -0.39 is 5.82 Å². The predicted molar refractivity (Wildman–Crippen MR) is 99.2 cm³/mol. The number of aromatic nitrogens is 1. The van der Waals surface area contributed by atoms with Crippen LogP contribution in [0.2, 0.25) is 0 Å². The molecule has 26 heavy (non-hydrogen) atoms. The normalized spacial score (nSPS) is 13.3. The lowest BCUT2D eigenvalue weighted by Gasteiger charge is -2.26. The predicted octanol–water partition coefficient (Wildman–Crippen LogP) is 3.79. The van der Waals surface area contributed by atoms with E-state index in [0.29, 0.717) is 29.5 Å². The Balaban J connectivity index is 1.49. The summed E-state index contributed by atoms with van der Waals surface area (Å²) in [7, 11) is 0. The molecule has 2 amide bonds. The fourth-order valence-electron chi connectivity index (χ4n) is 2.79. The number of amides is 2. The summed E-state index contributed by atoms with van der Waals surface area (Å²) in [5.74, 6) is -1.03. The van der Waals surface area contributed by atoms with Gasteiger partial charge in [0.1, 0.15) is 5.82 Å². The van der Waals surface area contributed by atoms with E-state index in [2.05, 4.69) is 10.3 Å². The average molecular weight is 387 g/mol. The van der Waals surface area contributed by atoms with Gasteiger partial charge in [-0.15, -0.1) is 11.3 Å². The van der Waals surface area contributed by atoms with Gasteiger partial charge in [-0.05, 0) is 23.6 Å². The van der Waals surface area contributed by atoms with Crippen molar-refractivity contribution >= 4 is 39.6 Å². The first-order chi connectivity index (χ1) is 12.6. The van der Waals surface area contributed by atoms with E-state index in [9.17, 15) is 14.0 Å². The van der Waals surface area contributed by atoms with Crippen LogP contribution in [0.5, 0.6) is 0 Å². The molecule has 3 aromatic rings. The number of carbonyl (C=O) groups is 2. The molecule has 0 spiro atoms. The van der Waals surface area contributed by atoms with Crippen molar-refractivity contribution in [3.05, 3.63) is 68.6 Å². The van der Waals surface area contributed by atoms with Crippen LogP contribution in [-0.2, 0) is 13.0 Å². The maximum atomic E-state index is 13.9. The zero-order valence-electron chi connectivity index (χ0n) is 13.6. The Morgan fingerprint density at radius 1 is 1.19 bits per heavy atom. The van der Waals surface area contributed by atoms with Gasteiger partial charge in [0.25, 0.3) is 11.8 Å². The summed E-state index contributed by atoms with van der Waals surface area (Å²) in [5, 5.41) is 5.16. The van der Waals surface area contributed by atoms with Gasteiger partial charge in [-0.2, -0.15) is 0 Å². The summed E-state index contributed by atoms with van der Waals surface area (Å²) in [6, 6.07) is 9.56. The molecule has 0 bridgehead atoms. The van der Waals surface area contributed by atoms with Gasteiger partial charge in [0.2, 0.25) is 0 Å². The lowest BCUT2D eigenvalue weighted by atomic mass is 10.1. The second-order valence-corrected chi connectivity index (χ2v) is 7.81. The molecule has 5 nitrogen and oxygen atoms in total. The molecule has 0 radical (unpaired) electrons. The molecule has 0 unspecified atom stereocenters. The Hall–Kier alpha value is -2.58.